The number of hydrogen-bond donors (Lipinski definition) is 1. The average molecular weight is 263 g/mol. The zero-order valence-electron chi connectivity index (χ0n) is 11.6. The van der Waals surface area contributed by atoms with Crippen molar-refractivity contribution in [2.24, 2.45) is 0 Å². The molecule has 0 aliphatic rings. The first-order valence-electron chi connectivity index (χ1n) is 6.74. The van der Waals surface area contributed by atoms with Crippen LogP contribution in [0.1, 0.15) is 43.7 Å². The molecule has 0 fully saturated rings. The predicted molar refractivity (Wildman–Crippen MR) is 83.3 cm³/mol. The monoisotopic (exact) mass is 263 g/mol. The quantitative estimate of drug-likeness (QED) is 0.390. The molecule has 100 valence electrons. The van der Waals surface area contributed by atoms with Crippen molar-refractivity contribution in [2.45, 2.75) is 43.0 Å². The van der Waals surface area contributed by atoms with E-state index in [-0.39, 0.29) is 0 Å². The lowest BCUT2D eigenvalue weighted by Gasteiger charge is -2.19. The summed E-state index contributed by atoms with van der Waals surface area (Å²) in [6.07, 6.45) is 10.4. The predicted octanol–water partition coefficient (Wildman–Crippen LogP) is 4.81. The highest BCUT2D eigenvalue weighted by Gasteiger charge is 2.12. The smallest absolute Gasteiger partial charge is 0.0328 e. The minimum absolute atomic E-state index is 0.484. The number of hydrogen-bond acceptors (Lipinski definition) is 2. The summed E-state index contributed by atoms with van der Waals surface area (Å²) in [5, 5.41) is 3.45. The Morgan fingerprint density at radius 1 is 1.28 bits per heavy atom. The molecule has 1 rings (SSSR count). The number of nitrogens with one attached hydrogen (secondary N) is 1. The molecule has 1 N–H and O–H groups in total. The van der Waals surface area contributed by atoms with Crippen molar-refractivity contribution >= 4 is 11.8 Å². The molecule has 0 radical (unpaired) electrons. The van der Waals surface area contributed by atoms with E-state index in [4.69, 9.17) is 0 Å². The van der Waals surface area contributed by atoms with Crippen LogP contribution in [0, 0.1) is 0 Å². The van der Waals surface area contributed by atoms with E-state index in [9.17, 15) is 0 Å². The van der Waals surface area contributed by atoms with Crippen molar-refractivity contribution in [1.82, 2.24) is 5.32 Å². The average Bonchev–Trinajstić information content (AvgIpc) is 2.43. The summed E-state index contributed by atoms with van der Waals surface area (Å²) in [7, 11) is 2.06. The van der Waals surface area contributed by atoms with Gasteiger partial charge in [0.25, 0.3) is 0 Å². The molecule has 0 saturated heterocycles. The summed E-state index contributed by atoms with van der Waals surface area (Å²) in [5.74, 6) is 0. The van der Waals surface area contributed by atoms with Crippen LogP contribution in [0.25, 0.3) is 0 Å². The maximum absolute atomic E-state index is 3.76. The third kappa shape index (κ3) is 4.87. The number of allylic oxidation sites excluding steroid dienone is 1. The molecule has 0 aliphatic carbocycles. The molecule has 18 heavy (non-hydrogen) atoms. The van der Waals surface area contributed by atoms with Crippen LogP contribution in [-0.2, 0) is 0 Å². The first-order chi connectivity index (χ1) is 8.83. The fourth-order valence-electron chi connectivity index (χ4n) is 2.22. The molecule has 0 spiro atoms. The molecule has 0 aliphatic heterocycles. The van der Waals surface area contributed by atoms with E-state index in [1.807, 2.05) is 17.8 Å². The molecule has 1 atom stereocenters. The molecule has 1 unspecified atom stereocenters. The highest BCUT2D eigenvalue weighted by Crippen LogP contribution is 2.28. The van der Waals surface area contributed by atoms with Crippen LogP contribution in [0.3, 0.4) is 0 Å². The second-order valence-electron chi connectivity index (χ2n) is 4.51. The maximum Gasteiger partial charge on any atom is 0.0328 e. The second-order valence-corrected chi connectivity index (χ2v) is 5.36. The zero-order chi connectivity index (χ0) is 13.2. The van der Waals surface area contributed by atoms with Crippen LogP contribution in [0.4, 0.5) is 0 Å². The maximum atomic E-state index is 3.76. The van der Waals surface area contributed by atoms with Crippen molar-refractivity contribution in [1.29, 1.82) is 0 Å². The van der Waals surface area contributed by atoms with Gasteiger partial charge in [0.2, 0.25) is 0 Å². The summed E-state index contributed by atoms with van der Waals surface area (Å²) in [4.78, 5) is 1.39. The van der Waals surface area contributed by atoms with Crippen molar-refractivity contribution in [2.75, 3.05) is 13.3 Å². The molecule has 1 aromatic carbocycles. The minimum atomic E-state index is 0.484. The molecule has 1 aromatic rings. The number of thioether (sulfide) groups is 1. The van der Waals surface area contributed by atoms with E-state index in [2.05, 4.69) is 49.5 Å². The van der Waals surface area contributed by atoms with Crippen LogP contribution < -0.4 is 5.32 Å². The Morgan fingerprint density at radius 3 is 2.72 bits per heavy atom. The highest BCUT2D eigenvalue weighted by atomic mass is 32.2. The van der Waals surface area contributed by atoms with Crippen LogP contribution in [0.15, 0.2) is 41.8 Å². The molecule has 0 aromatic heterocycles. The molecule has 2 heteroatoms. The standard InChI is InChI=1S/C16H25NS/c1-4-5-6-7-8-12-15(17-2)14-11-9-10-13-16(14)18-3/h4,9-11,13,15,17H,1,5-8,12H2,2-3H3. The topological polar surface area (TPSA) is 12.0 Å². The largest absolute Gasteiger partial charge is 0.313 e. The fourth-order valence-corrected chi connectivity index (χ4v) is 2.88. The van der Waals surface area contributed by atoms with Gasteiger partial charge in [-0.2, -0.15) is 0 Å². The van der Waals surface area contributed by atoms with Crippen molar-refractivity contribution in [3.63, 3.8) is 0 Å². The molecule has 0 heterocycles. The van der Waals surface area contributed by atoms with E-state index in [1.54, 1.807) is 0 Å². The summed E-state index contributed by atoms with van der Waals surface area (Å²) < 4.78 is 0. The first kappa shape index (κ1) is 15.3. The molecule has 0 bridgehead atoms. The lowest BCUT2D eigenvalue weighted by atomic mass is 10.00. The first-order valence-corrected chi connectivity index (χ1v) is 7.97. The minimum Gasteiger partial charge on any atom is -0.313 e. The Labute approximate surface area is 116 Å². The Balaban J connectivity index is 2.51. The van der Waals surface area contributed by atoms with Gasteiger partial charge in [0, 0.05) is 10.9 Å². The molecular weight excluding hydrogens is 238 g/mol. The zero-order valence-corrected chi connectivity index (χ0v) is 12.4. The van der Waals surface area contributed by atoms with E-state index >= 15 is 0 Å². The molecule has 0 amide bonds. The van der Waals surface area contributed by atoms with Gasteiger partial charge in [-0.3, -0.25) is 0 Å². The van der Waals surface area contributed by atoms with E-state index in [0.717, 1.165) is 6.42 Å². The van der Waals surface area contributed by atoms with Gasteiger partial charge in [0.05, 0.1) is 0 Å². The molecular formula is C16H25NS. The summed E-state index contributed by atoms with van der Waals surface area (Å²) in [6.45, 7) is 3.76. The van der Waals surface area contributed by atoms with Crippen molar-refractivity contribution < 1.29 is 0 Å². The Morgan fingerprint density at radius 2 is 2.06 bits per heavy atom. The van der Waals surface area contributed by atoms with Crippen molar-refractivity contribution in [3.8, 4) is 0 Å². The number of rotatable bonds is 9. The summed E-state index contributed by atoms with van der Waals surface area (Å²) in [6, 6.07) is 9.19. The van der Waals surface area contributed by atoms with Gasteiger partial charge in [0.15, 0.2) is 0 Å². The Kier molecular flexibility index (Phi) is 7.86. The van der Waals surface area contributed by atoms with E-state index in [1.165, 1.54) is 36.1 Å². The third-order valence-electron chi connectivity index (χ3n) is 3.26. The third-order valence-corrected chi connectivity index (χ3v) is 4.08. The van der Waals surface area contributed by atoms with Gasteiger partial charge < -0.3 is 5.32 Å². The lowest BCUT2D eigenvalue weighted by Crippen LogP contribution is -2.17. The van der Waals surface area contributed by atoms with Gasteiger partial charge in [-0.25, -0.2) is 0 Å². The van der Waals surface area contributed by atoms with Crippen LogP contribution in [0.2, 0.25) is 0 Å². The van der Waals surface area contributed by atoms with E-state index < -0.39 is 0 Å². The van der Waals surface area contributed by atoms with Crippen LogP contribution in [-0.4, -0.2) is 13.3 Å². The summed E-state index contributed by atoms with van der Waals surface area (Å²) in [5.41, 5.74) is 1.44. The highest BCUT2D eigenvalue weighted by molar-refractivity contribution is 7.98. The Hall–Kier alpha value is -0.730. The molecule has 1 nitrogen and oxygen atoms in total. The lowest BCUT2D eigenvalue weighted by molar-refractivity contribution is 0.502. The van der Waals surface area contributed by atoms with Gasteiger partial charge in [-0.15, -0.1) is 18.3 Å². The van der Waals surface area contributed by atoms with Gasteiger partial charge >= 0.3 is 0 Å². The van der Waals surface area contributed by atoms with Gasteiger partial charge in [0.1, 0.15) is 0 Å². The fraction of sp³-hybridized carbons (Fsp3) is 0.500. The number of benzene rings is 1. The van der Waals surface area contributed by atoms with E-state index in [0.29, 0.717) is 6.04 Å². The van der Waals surface area contributed by atoms with Gasteiger partial charge in [-0.05, 0) is 44.2 Å². The Bertz CT molecular complexity index is 349. The molecule has 0 saturated carbocycles. The SMILES string of the molecule is C=CCCCCCC(NC)c1ccccc1SC. The summed E-state index contributed by atoms with van der Waals surface area (Å²) >= 11 is 1.83. The van der Waals surface area contributed by atoms with Crippen molar-refractivity contribution in [3.05, 3.63) is 42.5 Å². The number of unbranched alkanes of at least 4 members (excludes halogenated alkanes) is 3. The van der Waals surface area contributed by atoms with Crippen LogP contribution in [0.5, 0.6) is 0 Å². The van der Waals surface area contributed by atoms with Crippen LogP contribution >= 0.6 is 11.8 Å². The van der Waals surface area contributed by atoms with Gasteiger partial charge in [-0.1, -0.05) is 37.1 Å². The normalized spacial score (nSPS) is 12.3. The second kappa shape index (κ2) is 9.23.